The summed E-state index contributed by atoms with van der Waals surface area (Å²) in [6, 6.07) is 4.87. The topological polar surface area (TPSA) is 79.4 Å². The molecule has 1 unspecified atom stereocenters. The van der Waals surface area contributed by atoms with Crippen LogP contribution in [0, 0.1) is 5.82 Å². The van der Waals surface area contributed by atoms with E-state index in [1.165, 1.54) is 24.1 Å². The number of benzene rings is 1. The number of carbonyl (C=O) groups is 3. The van der Waals surface area contributed by atoms with Gasteiger partial charge in [0.15, 0.2) is 0 Å². The molecule has 2 amide bonds. The molecule has 32 heavy (non-hydrogen) atoms. The zero-order chi connectivity index (χ0) is 23.6. The number of halogens is 1. The predicted octanol–water partition coefficient (Wildman–Crippen LogP) is 2.41. The van der Waals surface area contributed by atoms with Gasteiger partial charge in [-0.3, -0.25) is 14.6 Å². The second-order valence-corrected chi connectivity index (χ2v) is 9.36. The van der Waals surface area contributed by atoms with Crippen molar-refractivity contribution in [3.63, 3.8) is 0 Å². The lowest BCUT2D eigenvalue weighted by Gasteiger charge is -2.42. The average molecular weight is 450 g/mol. The Kier molecular flexibility index (Phi) is 7.07. The third kappa shape index (κ3) is 5.38. The third-order valence-electron chi connectivity index (χ3n) is 5.91. The molecule has 1 aromatic carbocycles. The molecule has 0 N–H and O–H groups in total. The minimum absolute atomic E-state index is 0.0640. The number of hydrogen-bond acceptors (Lipinski definition) is 6. The van der Waals surface area contributed by atoms with Gasteiger partial charge in [-0.05, 0) is 51.8 Å². The van der Waals surface area contributed by atoms with Crippen LogP contribution in [0.5, 0.6) is 0 Å². The highest BCUT2D eigenvalue weighted by Crippen LogP contribution is 2.28. The highest BCUT2D eigenvalue weighted by molar-refractivity contribution is 5.83. The fourth-order valence-corrected chi connectivity index (χ4v) is 4.39. The standard InChI is InChI=1S/C23H32FN3O5/c1-15-20(28)25(13-16-7-6-8-17(24)11-16)9-10-26(15)18-12-19(21(29)31-5)27(14-18)22(30)32-23(2,3)4/h6-8,11,15,18-19H,9-10,12-14H2,1-5H3/t15?,18-,19-/m0/s1. The van der Waals surface area contributed by atoms with Crippen LogP contribution in [-0.2, 0) is 25.6 Å². The van der Waals surface area contributed by atoms with Crippen molar-refractivity contribution in [2.75, 3.05) is 26.7 Å². The Labute approximate surface area is 188 Å². The molecule has 0 aliphatic carbocycles. The van der Waals surface area contributed by atoms with Gasteiger partial charge >= 0.3 is 12.1 Å². The largest absolute Gasteiger partial charge is 0.467 e. The number of ether oxygens (including phenoxy) is 2. The number of esters is 1. The molecule has 0 saturated carbocycles. The summed E-state index contributed by atoms with van der Waals surface area (Å²) in [5.74, 6) is -0.892. The molecule has 176 valence electrons. The van der Waals surface area contributed by atoms with Crippen molar-refractivity contribution in [3.8, 4) is 0 Å². The molecule has 2 saturated heterocycles. The van der Waals surface area contributed by atoms with E-state index in [1.807, 2.05) is 11.8 Å². The Morgan fingerprint density at radius 2 is 1.94 bits per heavy atom. The second kappa shape index (κ2) is 9.44. The van der Waals surface area contributed by atoms with Gasteiger partial charge in [-0.1, -0.05) is 12.1 Å². The number of nitrogens with zero attached hydrogens (tertiary/aromatic N) is 3. The van der Waals surface area contributed by atoms with E-state index in [2.05, 4.69) is 0 Å². The smallest absolute Gasteiger partial charge is 0.411 e. The normalized spacial score (nSPS) is 24.6. The van der Waals surface area contributed by atoms with Crippen molar-refractivity contribution in [1.29, 1.82) is 0 Å². The minimum atomic E-state index is -0.757. The summed E-state index contributed by atoms with van der Waals surface area (Å²) in [4.78, 5) is 43.3. The number of piperazine rings is 1. The van der Waals surface area contributed by atoms with Gasteiger partial charge in [0, 0.05) is 32.2 Å². The summed E-state index contributed by atoms with van der Waals surface area (Å²) in [5, 5.41) is 0. The highest BCUT2D eigenvalue weighted by atomic mass is 19.1. The summed E-state index contributed by atoms with van der Waals surface area (Å²) in [6.07, 6.45) is -0.202. The monoisotopic (exact) mass is 449 g/mol. The first-order valence-corrected chi connectivity index (χ1v) is 10.9. The third-order valence-corrected chi connectivity index (χ3v) is 5.91. The van der Waals surface area contributed by atoms with Crippen LogP contribution in [0.25, 0.3) is 0 Å². The molecular weight excluding hydrogens is 417 g/mol. The van der Waals surface area contributed by atoms with Gasteiger partial charge in [0.1, 0.15) is 17.5 Å². The number of carbonyl (C=O) groups excluding carboxylic acids is 3. The number of likely N-dealkylation sites (tertiary alicyclic amines) is 1. The summed E-state index contributed by atoms with van der Waals surface area (Å²) >= 11 is 0. The van der Waals surface area contributed by atoms with Crippen molar-refractivity contribution in [2.45, 2.75) is 64.4 Å². The molecule has 2 aliphatic heterocycles. The van der Waals surface area contributed by atoms with Crippen molar-refractivity contribution in [2.24, 2.45) is 0 Å². The van der Waals surface area contributed by atoms with E-state index in [0.29, 0.717) is 26.1 Å². The number of hydrogen-bond donors (Lipinski definition) is 0. The lowest BCUT2D eigenvalue weighted by molar-refractivity contribution is -0.145. The Hall–Kier alpha value is -2.68. The Bertz CT molecular complexity index is 871. The molecule has 1 aromatic rings. The van der Waals surface area contributed by atoms with Crippen LogP contribution in [-0.4, -0.2) is 83.1 Å². The maximum atomic E-state index is 13.5. The van der Waals surface area contributed by atoms with E-state index in [1.54, 1.807) is 37.8 Å². The van der Waals surface area contributed by atoms with E-state index in [-0.39, 0.29) is 24.3 Å². The van der Waals surface area contributed by atoms with E-state index < -0.39 is 29.7 Å². The molecule has 2 fully saturated rings. The van der Waals surface area contributed by atoms with Crippen LogP contribution in [0.3, 0.4) is 0 Å². The van der Waals surface area contributed by atoms with Gasteiger partial charge in [0.05, 0.1) is 13.2 Å². The van der Waals surface area contributed by atoms with Crippen molar-refractivity contribution in [1.82, 2.24) is 14.7 Å². The fraction of sp³-hybridized carbons (Fsp3) is 0.609. The summed E-state index contributed by atoms with van der Waals surface area (Å²) in [7, 11) is 1.29. The lowest BCUT2D eigenvalue weighted by atomic mass is 10.1. The van der Waals surface area contributed by atoms with Gasteiger partial charge in [0.25, 0.3) is 0 Å². The summed E-state index contributed by atoms with van der Waals surface area (Å²) in [6.45, 7) is 8.81. The highest BCUT2D eigenvalue weighted by Gasteiger charge is 2.46. The first-order valence-electron chi connectivity index (χ1n) is 10.9. The molecule has 3 atom stereocenters. The van der Waals surface area contributed by atoms with E-state index >= 15 is 0 Å². The molecule has 0 bridgehead atoms. The zero-order valence-electron chi connectivity index (χ0n) is 19.3. The molecule has 0 spiro atoms. The number of amides is 2. The van der Waals surface area contributed by atoms with Gasteiger partial charge in [-0.2, -0.15) is 0 Å². The Morgan fingerprint density at radius 1 is 1.22 bits per heavy atom. The maximum Gasteiger partial charge on any atom is 0.411 e. The SMILES string of the molecule is COC(=O)[C@@H]1C[C@H](N2CCN(Cc3cccc(F)c3)C(=O)C2C)CN1C(=O)OC(C)(C)C. The first kappa shape index (κ1) is 24.0. The summed E-state index contributed by atoms with van der Waals surface area (Å²) < 4.78 is 23.9. The molecule has 8 nitrogen and oxygen atoms in total. The average Bonchev–Trinajstić information content (AvgIpc) is 3.15. The van der Waals surface area contributed by atoms with Crippen LogP contribution < -0.4 is 0 Å². The Balaban J connectivity index is 1.70. The molecule has 0 radical (unpaired) electrons. The number of rotatable bonds is 4. The van der Waals surface area contributed by atoms with Crippen molar-refractivity contribution in [3.05, 3.63) is 35.6 Å². The molecule has 2 heterocycles. The van der Waals surface area contributed by atoms with Crippen molar-refractivity contribution < 1.29 is 28.2 Å². The molecule has 0 aromatic heterocycles. The fourth-order valence-electron chi connectivity index (χ4n) is 4.39. The van der Waals surface area contributed by atoms with Gasteiger partial charge in [-0.25, -0.2) is 14.0 Å². The Morgan fingerprint density at radius 3 is 2.56 bits per heavy atom. The molecule has 3 rings (SSSR count). The van der Waals surface area contributed by atoms with Gasteiger partial charge in [-0.15, -0.1) is 0 Å². The first-order chi connectivity index (χ1) is 15.0. The van der Waals surface area contributed by atoms with Crippen LogP contribution in [0.1, 0.15) is 39.7 Å². The van der Waals surface area contributed by atoms with E-state index in [0.717, 1.165) is 5.56 Å². The molecule has 2 aliphatic rings. The van der Waals surface area contributed by atoms with Gasteiger partial charge < -0.3 is 14.4 Å². The second-order valence-electron chi connectivity index (χ2n) is 9.36. The predicted molar refractivity (Wildman–Crippen MR) is 115 cm³/mol. The summed E-state index contributed by atoms with van der Waals surface area (Å²) in [5.41, 5.74) is 0.0449. The lowest BCUT2D eigenvalue weighted by Crippen LogP contribution is -2.58. The van der Waals surface area contributed by atoms with Crippen LogP contribution in [0.15, 0.2) is 24.3 Å². The molecular formula is C23H32FN3O5. The minimum Gasteiger partial charge on any atom is -0.467 e. The van der Waals surface area contributed by atoms with E-state index in [9.17, 15) is 18.8 Å². The maximum absolute atomic E-state index is 13.5. The zero-order valence-corrected chi connectivity index (χ0v) is 19.3. The van der Waals surface area contributed by atoms with Crippen LogP contribution in [0.2, 0.25) is 0 Å². The quantitative estimate of drug-likeness (QED) is 0.657. The van der Waals surface area contributed by atoms with Crippen LogP contribution in [0.4, 0.5) is 9.18 Å². The van der Waals surface area contributed by atoms with Crippen LogP contribution >= 0.6 is 0 Å². The van der Waals surface area contributed by atoms with Gasteiger partial charge in [0.2, 0.25) is 5.91 Å². The molecule has 9 heteroatoms. The number of methoxy groups -OCH3 is 1. The van der Waals surface area contributed by atoms with E-state index in [4.69, 9.17) is 9.47 Å². The van der Waals surface area contributed by atoms with Crippen molar-refractivity contribution >= 4 is 18.0 Å².